The van der Waals surface area contributed by atoms with Crippen LogP contribution >= 0.6 is 11.3 Å². The monoisotopic (exact) mass is 248 g/mol. The second kappa shape index (κ2) is 5.23. The molecule has 90 valence electrons. The summed E-state index contributed by atoms with van der Waals surface area (Å²) in [5.41, 5.74) is 2.94. The van der Waals surface area contributed by atoms with Gasteiger partial charge in [-0.2, -0.15) is 0 Å². The molecular formula is C12H16N4S. The van der Waals surface area contributed by atoms with Crippen molar-refractivity contribution in [3.8, 4) is 0 Å². The number of aryl methyl sites for hydroxylation is 2. The van der Waals surface area contributed by atoms with Crippen LogP contribution in [0.3, 0.4) is 0 Å². The summed E-state index contributed by atoms with van der Waals surface area (Å²) in [6.07, 6.45) is 2.56. The number of anilines is 1. The summed E-state index contributed by atoms with van der Waals surface area (Å²) in [7, 11) is 0. The zero-order valence-electron chi connectivity index (χ0n) is 10.3. The van der Waals surface area contributed by atoms with Gasteiger partial charge in [-0.25, -0.2) is 9.97 Å². The van der Waals surface area contributed by atoms with E-state index in [9.17, 15) is 0 Å². The Bertz CT molecular complexity index is 493. The highest BCUT2D eigenvalue weighted by molar-refractivity contribution is 7.09. The van der Waals surface area contributed by atoms with E-state index in [1.165, 1.54) is 0 Å². The molecule has 2 rings (SSSR count). The number of hydrogen-bond acceptors (Lipinski definition) is 5. The third kappa shape index (κ3) is 2.79. The van der Waals surface area contributed by atoms with E-state index in [0.717, 1.165) is 40.9 Å². The van der Waals surface area contributed by atoms with Crippen LogP contribution in [-0.2, 0) is 6.42 Å². The first-order chi connectivity index (χ1) is 8.20. The molecule has 2 aromatic rings. The molecule has 0 amide bonds. The van der Waals surface area contributed by atoms with Crippen LogP contribution in [0.25, 0.3) is 0 Å². The van der Waals surface area contributed by atoms with Gasteiger partial charge in [0.1, 0.15) is 5.82 Å². The molecular weight excluding hydrogens is 232 g/mol. The summed E-state index contributed by atoms with van der Waals surface area (Å²) in [6.45, 7) is 6.88. The molecule has 2 aromatic heterocycles. The smallest absolute Gasteiger partial charge is 0.148 e. The summed E-state index contributed by atoms with van der Waals surface area (Å²) in [4.78, 5) is 13.4. The molecule has 0 saturated carbocycles. The van der Waals surface area contributed by atoms with Gasteiger partial charge in [0, 0.05) is 24.5 Å². The predicted molar refractivity (Wildman–Crippen MR) is 70.6 cm³/mol. The van der Waals surface area contributed by atoms with Crippen LogP contribution in [0.15, 0.2) is 11.6 Å². The van der Waals surface area contributed by atoms with Crippen LogP contribution in [0.4, 0.5) is 5.82 Å². The normalized spacial score (nSPS) is 10.5. The Labute approximate surface area is 105 Å². The van der Waals surface area contributed by atoms with E-state index < -0.39 is 0 Å². The quantitative estimate of drug-likeness (QED) is 0.903. The van der Waals surface area contributed by atoms with Crippen molar-refractivity contribution in [3.05, 3.63) is 33.7 Å². The molecule has 2 heterocycles. The Morgan fingerprint density at radius 3 is 2.65 bits per heavy atom. The van der Waals surface area contributed by atoms with Crippen LogP contribution in [0, 0.1) is 13.8 Å². The first-order valence-corrected chi connectivity index (χ1v) is 6.55. The lowest BCUT2D eigenvalue weighted by Crippen LogP contribution is -2.09. The maximum atomic E-state index is 4.61. The van der Waals surface area contributed by atoms with E-state index in [1.54, 1.807) is 11.3 Å². The van der Waals surface area contributed by atoms with Crippen molar-refractivity contribution in [1.82, 2.24) is 15.0 Å². The Kier molecular flexibility index (Phi) is 3.68. The zero-order valence-corrected chi connectivity index (χ0v) is 11.1. The Balaban J connectivity index is 2.33. The lowest BCUT2D eigenvalue weighted by atomic mass is 10.2. The van der Waals surface area contributed by atoms with Gasteiger partial charge in [-0.05, 0) is 20.8 Å². The van der Waals surface area contributed by atoms with E-state index in [2.05, 4.69) is 27.2 Å². The van der Waals surface area contributed by atoms with Gasteiger partial charge >= 0.3 is 0 Å². The van der Waals surface area contributed by atoms with Gasteiger partial charge in [-0.15, -0.1) is 11.3 Å². The van der Waals surface area contributed by atoms with Crippen LogP contribution in [0.2, 0.25) is 0 Å². The average molecular weight is 248 g/mol. The minimum absolute atomic E-state index is 0.744. The molecule has 1 N–H and O–H groups in total. The third-order valence-corrected chi connectivity index (χ3v) is 3.31. The van der Waals surface area contributed by atoms with Crippen molar-refractivity contribution in [2.24, 2.45) is 0 Å². The fourth-order valence-corrected chi connectivity index (χ4v) is 2.19. The molecule has 0 spiro atoms. The Morgan fingerprint density at radius 2 is 2.00 bits per heavy atom. The van der Waals surface area contributed by atoms with Gasteiger partial charge < -0.3 is 5.32 Å². The number of hydrogen-bond donors (Lipinski definition) is 1. The van der Waals surface area contributed by atoms with Crippen molar-refractivity contribution in [3.63, 3.8) is 0 Å². The van der Waals surface area contributed by atoms with Crippen molar-refractivity contribution in [2.45, 2.75) is 27.2 Å². The molecule has 0 aliphatic heterocycles. The molecule has 0 saturated heterocycles. The molecule has 0 bridgehead atoms. The zero-order chi connectivity index (χ0) is 12.3. The van der Waals surface area contributed by atoms with E-state index in [-0.39, 0.29) is 0 Å². The lowest BCUT2D eigenvalue weighted by Gasteiger charge is -2.10. The first-order valence-electron chi connectivity index (χ1n) is 5.67. The Morgan fingerprint density at radius 1 is 1.24 bits per heavy atom. The highest BCUT2D eigenvalue weighted by atomic mass is 32.1. The van der Waals surface area contributed by atoms with Gasteiger partial charge in [0.05, 0.1) is 22.1 Å². The molecule has 0 aromatic carbocycles. The molecule has 5 heteroatoms. The summed E-state index contributed by atoms with van der Waals surface area (Å²) >= 11 is 1.65. The summed E-state index contributed by atoms with van der Waals surface area (Å²) in [5, 5.41) is 6.31. The van der Waals surface area contributed by atoms with Crippen LogP contribution in [0.5, 0.6) is 0 Å². The molecule has 17 heavy (non-hydrogen) atoms. The SMILES string of the molecule is CCNc1nc(C)c(C)nc1Cc1nccs1. The Hall–Kier alpha value is -1.49. The summed E-state index contributed by atoms with van der Waals surface area (Å²) in [5.74, 6) is 0.880. The van der Waals surface area contributed by atoms with Gasteiger partial charge in [0.15, 0.2) is 0 Å². The van der Waals surface area contributed by atoms with Crippen molar-refractivity contribution in [2.75, 3.05) is 11.9 Å². The lowest BCUT2D eigenvalue weighted by molar-refractivity contribution is 0.945. The average Bonchev–Trinajstić information content (AvgIpc) is 2.78. The second-order valence-electron chi connectivity index (χ2n) is 3.82. The standard InChI is InChI=1S/C12H16N4S/c1-4-13-12-10(7-11-14-5-6-17-11)15-8(2)9(3)16-12/h5-6H,4,7H2,1-3H3,(H,13,16). The van der Waals surface area contributed by atoms with Crippen LogP contribution in [-0.4, -0.2) is 21.5 Å². The van der Waals surface area contributed by atoms with Gasteiger partial charge in [0.2, 0.25) is 0 Å². The van der Waals surface area contributed by atoms with E-state index >= 15 is 0 Å². The van der Waals surface area contributed by atoms with Crippen LogP contribution < -0.4 is 5.32 Å². The van der Waals surface area contributed by atoms with E-state index in [4.69, 9.17) is 0 Å². The molecule has 0 fully saturated rings. The maximum absolute atomic E-state index is 4.61. The van der Waals surface area contributed by atoms with E-state index in [1.807, 2.05) is 25.4 Å². The summed E-state index contributed by atoms with van der Waals surface area (Å²) < 4.78 is 0. The predicted octanol–water partition coefficient (Wildman–Crippen LogP) is 2.57. The van der Waals surface area contributed by atoms with Crippen LogP contribution in [0.1, 0.15) is 29.0 Å². The minimum Gasteiger partial charge on any atom is -0.369 e. The topological polar surface area (TPSA) is 50.7 Å². The van der Waals surface area contributed by atoms with Crippen molar-refractivity contribution < 1.29 is 0 Å². The molecule has 4 nitrogen and oxygen atoms in total. The molecule has 0 aliphatic rings. The fourth-order valence-electron chi connectivity index (χ4n) is 1.57. The fraction of sp³-hybridized carbons (Fsp3) is 0.417. The minimum atomic E-state index is 0.744. The maximum Gasteiger partial charge on any atom is 0.148 e. The van der Waals surface area contributed by atoms with Crippen molar-refractivity contribution in [1.29, 1.82) is 0 Å². The number of aromatic nitrogens is 3. The van der Waals surface area contributed by atoms with E-state index in [0.29, 0.717) is 0 Å². The highest BCUT2D eigenvalue weighted by Gasteiger charge is 2.10. The highest BCUT2D eigenvalue weighted by Crippen LogP contribution is 2.18. The number of nitrogens with zero attached hydrogens (tertiary/aromatic N) is 3. The largest absolute Gasteiger partial charge is 0.369 e. The molecule has 0 unspecified atom stereocenters. The van der Waals surface area contributed by atoms with Gasteiger partial charge in [0.25, 0.3) is 0 Å². The number of rotatable bonds is 4. The van der Waals surface area contributed by atoms with Crippen molar-refractivity contribution >= 4 is 17.2 Å². The van der Waals surface area contributed by atoms with Gasteiger partial charge in [-0.3, -0.25) is 4.98 Å². The number of thiazole rings is 1. The summed E-state index contributed by atoms with van der Waals surface area (Å²) in [6, 6.07) is 0. The number of nitrogens with one attached hydrogen (secondary N) is 1. The first kappa shape index (κ1) is 12.0. The van der Waals surface area contributed by atoms with Gasteiger partial charge in [-0.1, -0.05) is 0 Å². The molecule has 0 atom stereocenters. The molecule has 0 aliphatic carbocycles. The second-order valence-corrected chi connectivity index (χ2v) is 4.80. The molecule has 0 radical (unpaired) electrons. The third-order valence-electron chi connectivity index (χ3n) is 2.53.